The highest BCUT2D eigenvalue weighted by Crippen LogP contribution is 2.37. The van der Waals surface area contributed by atoms with Crippen molar-refractivity contribution in [1.82, 2.24) is 0 Å². The van der Waals surface area contributed by atoms with Crippen molar-refractivity contribution in [2.75, 3.05) is 6.61 Å². The third kappa shape index (κ3) is 4.11. The Morgan fingerprint density at radius 2 is 1.76 bits per heavy atom. The summed E-state index contributed by atoms with van der Waals surface area (Å²) in [5, 5.41) is 21.3. The van der Waals surface area contributed by atoms with Crippen LogP contribution in [0.1, 0.15) is 50.5 Å². The molecule has 0 radical (unpaired) electrons. The first kappa shape index (κ1) is 17.0. The average molecular weight is 333 g/mol. The van der Waals surface area contributed by atoms with Crippen LogP contribution in [0.3, 0.4) is 0 Å². The van der Waals surface area contributed by atoms with Gasteiger partial charge in [0.25, 0.3) is 0 Å². The van der Waals surface area contributed by atoms with E-state index in [0.29, 0.717) is 22.9 Å². The summed E-state index contributed by atoms with van der Waals surface area (Å²) in [5.74, 6) is -1.35. The lowest BCUT2D eigenvalue weighted by atomic mass is 9.92. The Morgan fingerprint density at radius 1 is 1.19 bits per heavy atom. The zero-order chi connectivity index (χ0) is 15.5. The molecule has 0 aliphatic heterocycles. The SMILES string of the molecule is C[C@H](c1c(Cl)cccc1Cl)C(CO)OC1(O)CCCCC1. The van der Waals surface area contributed by atoms with Gasteiger partial charge in [0.05, 0.1) is 12.7 Å². The minimum Gasteiger partial charge on any atom is -0.394 e. The molecule has 1 aromatic rings. The van der Waals surface area contributed by atoms with Crippen LogP contribution in [0.2, 0.25) is 10.0 Å². The van der Waals surface area contributed by atoms with Gasteiger partial charge >= 0.3 is 0 Å². The normalized spacial score (nSPS) is 21.0. The van der Waals surface area contributed by atoms with Crippen molar-refractivity contribution >= 4 is 23.2 Å². The molecule has 0 aromatic heterocycles. The molecule has 118 valence electrons. The van der Waals surface area contributed by atoms with Gasteiger partial charge in [0, 0.05) is 28.8 Å². The highest BCUT2D eigenvalue weighted by molar-refractivity contribution is 6.36. The number of rotatable bonds is 5. The van der Waals surface area contributed by atoms with Gasteiger partial charge in [-0.2, -0.15) is 0 Å². The van der Waals surface area contributed by atoms with E-state index in [1.165, 1.54) is 0 Å². The lowest BCUT2D eigenvalue weighted by Crippen LogP contribution is -2.41. The maximum atomic E-state index is 10.5. The second-order valence-corrected chi connectivity index (χ2v) is 6.58. The van der Waals surface area contributed by atoms with Gasteiger partial charge in [-0.15, -0.1) is 0 Å². The Hall–Kier alpha value is -0.320. The van der Waals surface area contributed by atoms with Crippen LogP contribution in [0.5, 0.6) is 0 Å². The molecule has 3 nitrogen and oxygen atoms in total. The lowest BCUT2D eigenvalue weighted by Gasteiger charge is -2.37. The fourth-order valence-electron chi connectivity index (χ4n) is 2.93. The highest BCUT2D eigenvalue weighted by atomic mass is 35.5. The van der Waals surface area contributed by atoms with Crippen LogP contribution in [0.15, 0.2) is 18.2 Å². The summed E-state index contributed by atoms with van der Waals surface area (Å²) in [6.45, 7) is 1.71. The summed E-state index contributed by atoms with van der Waals surface area (Å²) in [4.78, 5) is 0. The van der Waals surface area contributed by atoms with Crippen LogP contribution in [0.4, 0.5) is 0 Å². The fourth-order valence-corrected chi connectivity index (χ4v) is 3.67. The molecule has 1 unspecified atom stereocenters. The zero-order valence-corrected chi connectivity index (χ0v) is 13.7. The Morgan fingerprint density at radius 3 is 2.29 bits per heavy atom. The van der Waals surface area contributed by atoms with Crippen molar-refractivity contribution in [2.45, 2.75) is 56.8 Å². The van der Waals surface area contributed by atoms with Gasteiger partial charge < -0.3 is 14.9 Å². The van der Waals surface area contributed by atoms with E-state index in [0.717, 1.165) is 24.8 Å². The predicted molar refractivity (Wildman–Crippen MR) is 84.9 cm³/mol. The van der Waals surface area contributed by atoms with Crippen LogP contribution >= 0.6 is 23.2 Å². The van der Waals surface area contributed by atoms with Crippen molar-refractivity contribution in [1.29, 1.82) is 0 Å². The number of halogens is 2. The van der Waals surface area contributed by atoms with Gasteiger partial charge in [0.1, 0.15) is 0 Å². The molecule has 1 aromatic carbocycles. The summed E-state index contributed by atoms with van der Waals surface area (Å²) >= 11 is 12.4. The highest BCUT2D eigenvalue weighted by Gasteiger charge is 2.35. The molecule has 1 aliphatic rings. The second-order valence-electron chi connectivity index (χ2n) is 5.77. The van der Waals surface area contributed by atoms with Crippen LogP contribution in [0.25, 0.3) is 0 Å². The predicted octanol–water partition coefficient (Wildman–Crippen LogP) is 4.13. The van der Waals surface area contributed by atoms with Gasteiger partial charge in [0.15, 0.2) is 5.79 Å². The number of benzene rings is 1. The lowest BCUT2D eigenvalue weighted by molar-refractivity contribution is -0.253. The molecular weight excluding hydrogens is 311 g/mol. The molecule has 0 saturated heterocycles. The van der Waals surface area contributed by atoms with Crippen LogP contribution in [0, 0.1) is 0 Å². The van der Waals surface area contributed by atoms with E-state index in [1.54, 1.807) is 18.2 Å². The number of aliphatic hydroxyl groups is 2. The van der Waals surface area contributed by atoms with Crippen molar-refractivity contribution in [3.63, 3.8) is 0 Å². The van der Waals surface area contributed by atoms with E-state index in [-0.39, 0.29) is 12.5 Å². The van der Waals surface area contributed by atoms with E-state index in [4.69, 9.17) is 27.9 Å². The minimum absolute atomic E-state index is 0.189. The van der Waals surface area contributed by atoms with Crippen LogP contribution in [-0.4, -0.2) is 28.7 Å². The Balaban J connectivity index is 2.16. The first-order valence-electron chi connectivity index (χ1n) is 7.42. The van der Waals surface area contributed by atoms with Crippen molar-refractivity contribution < 1.29 is 14.9 Å². The summed E-state index contributed by atoms with van der Waals surface area (Å²) < 4.78 is 5.84. The van der Waals surface area contributed by atoms with E-state index >= 15 is 0 Å². The molecule has 2 atom stereocenters. The summed E-state index contributed by atoms with van der Waals surface area (Å²) in [5.41, 5.74) is 0.749. The topological polar surface area (TPSA) is 49.7 Å². The summed E-state index contributed by atoms with van der Waals surface area (Å²) in [6.07, 6.45) is 3.66. The second kappa shape index (κ2) is 7.30. The maximum Gasteiger partial charge on any atom is 0.165 e. The van der Waals surface area contributed by atoms with Gasteiger partial charge in [0.2, 0.25) is 0 Å². The molecular formula is C16H22Cl2O3. The van der Waals surface area contributed by atoms with Crippen LogP contribution < -0.4 is 0 Å². The number of hydrogen-bond acceptors (Lipinski definition) is 3. The van der Waals surface area contributed by atoms with Gasteiger partial charge in [-0.1, -0.05) is 42.6 Å². The largest absolute Gasteiger partial charge is 0.394 e. The molecule has 21 heavy (non-hydrogen) atoms. The van der Waals surface area contributed by atoms with Gasteiger partial charge in [-0.3, -0.25) is 0 Å². The van der Waals surface area contributed by atoms with Crippen molar-refractivity contribution in [3.8, 4) is 0 Å². The summed E-state index contributed by atoms with van der Waals surface area (Å²) in [6, 6.07) is 5.32. The van der Waals surface area contributed by atoms with E-state index in [2.05, 4.69) is 0 Å². The molecule has 1 fully saturated rings. The van der Waals surface area contributed by atoms with Crippen molar-refractivity contribution in [2.24, 2.45) is 0 Å². The first-order chi connectivity index (χ1) is 9.97. The number of ether oxygens (including phenoxy) is 1. The van der Waals surface area contributed by atoms with E-state index in [9.17, 15) is 10.2 Å². The maximum absolute atomic E-state index is 10.5. The van der Waals surface area contributed by atoms with Gasteiger partial charge in [-0.25, -0.2) is 0 Å². The molecule has 5 heteroatoms. The minimum atomic E-state index is -1.15. The molecule has 2 rings (SSSR count). The molecule has 0 spiro atoms. The van der Waals surface area contributed by atoms with Gasteiger partial charge in [-0.05, 0) is 30.5 Å². The Kier molecular flexibility index (Phi) is 5.92. The number of aliphatic hydroxyl groups excluding tert-OH is 1. The average Bonchev–Trinajstić information content (AvgIpc) is 2.45. The molecule has 0 amide bonds. The quantitative estimate of drug-likeness (QED) is 0.797. The molecule has 0 bridgehead atoms. The monoisotopic (exact) mass is 332 g/mol. The van der Waals surface area contributed by atoms with E-state index < -0.39 is 11.9 Å². The molecule has 2 N–H and O–H groups in total. The third-order valence-electron chi connectivity index (χ3n) is 4.20. The first-order valence-corrected chi connectivity index (χ1v) is 8.17. The fraction of sp³-hybridized carbons (Fsp3) is 0.625. The number of hydrogen-bond donors (Lipinski definition) is 2. The molecule has 1 saturated carbocycles. The Bertz CT molecular complexity index is 452. The summed E-state index contributed by atoms with van der Waals surface area (Å²) in [7, 11) is 0. The molecule has 0 heterocycles. The zero-order valence-electron chi connectivity index (χ0n) is 12.2. The third-order valence-corrected chi connectivity index (χ3v) is 4.86. The van der Waals surface area contributed by atoms with Crippen LogP contribution in [-0.2, 0) is 4.74 Å². The smallest absolute Gasteiger partial charge is 0.165 e. The Labute approximate surface area is 135 Å². The van der Waals surface area contributed by atoms with Crippen molar-refractivity contribution in [3.05, 3.63) is 33.8 Å². The van der Waals surface area contributed by atoms with E-state index in [1.807, 2.05) is 6.92 Å². The molecule has 1 aliphatic carbocycles. The standard InChI is InChI=1S/C16H22Cl2O3/c1-11(15-12(17)6-5-7-13(15)18)14(10-19)21-16(20)8-3-2-4-9-16/h5-7,11,14,19-20H,2-4,8-10H2,1H3/t11-,14?/m0/s1.